The Morgan fingerprint density at radius 2 is 2.03 bits per heavy atom. The van der Waals surface area contributed by atoms with Crippen molar-refractivity contribution >= 4 is 22.4 Å². The first-order chi connectivity index (χ1) is 14.3. The highest BCUT2D eigenvalue weighted by atomic mass is 32.1. The molecule has 30 heavy (non-hydrogen) atoms. The Balaban J connectivity index is 1.52. The SMILES string of the molecule is O=C(NCCn1nc(-c2cccc(C(F)(F)F)c2)n(C2CC2)c1=O)Nc1cccs1. The van der Waals surface area contributed by atoms with E-state index in [0.29, 0.717) is 5.00 Å². The Morgan fingerprint density at radius 1 is 1.23 bits per heavy atom. The zero-order valence-corrected chi connectivity index (χ0v) is 16.5. The molecule has 0 aliphatic heterocycles. The van der Waals surface area contributed by atoms with Gasteiger partial charge >= 0.3 is 17.9 Å². The molecule has 1 fully saturated rings. The topological polar surface area (TPSA) is 81.0 Å². The molecule has 11 heteroatoms. The lowest BCUT2D eigenvalue weighted by atomic mass is 10.1. The van der Waals surface area contributed by atoms with Gasteiger partial charge < -0.3 is 5.32 Å². The third-order valence-corrected chi connectivity index (χ3v) is 5.38. The maximum atomic E-state index is 13.1. The number of thiophene rings is 1. The van der Waals surface area contributed by atoms with Crippen molar-refractivity contribution in [2.24, 2.45) is 0 Å². The molecule has 0 bridgehead atoms. The number of halogens is 3. The predicted octanol–water partition coefficient (Wildman–Crippen LogP) is 3.95. The second-order valence-electron chi connectivity index (χ2n) is 6.87. The average molecular weight is 437 g/mol. The Kier molecular flexibility index (Phi) is 5.37. The molecule has 0 saturated heterocycles. The van der Waals surface area contributed by atoms with Crippen molar-refractivity contribution in [1.29, 1.82) is 0 Å². The van der Waals surface area contributed by atoms with E-state index < -0.39 is 23.5 Å². The molecule has 1 aliphatic rings. The third-order valence-electron chi connectivity index (χ3n) is 4.60. The summed E-state index contributed by atoms with van der Waals surface area (Å²) in [6.07, 6.45) is -2.93. The van der Waals surface area contributed by atoms with Gasteiger partial charge in [0.1, 0.15) is 0 Å². The first-order valence-corrected chi connectivity index (χ1v) is 10.2. The van der Waals surface area contributed by atoms with Crippen LogP contribution in [0, 0.1) is 0 Å². The number of anilines is 1. The van der Waals surface area contributed by atoms with Gasteiger partial charge in [0.15, 0.2) is 5.82 Å². The molecule has 0 spiro atoms. The minimum Gasteiger partial charge on any atom is -0.336 e. The molecular weight excluding hydrogens is 419 g/mol. The van der Waals surface area contributed by atoms with Crippen LogP contribution < -0.4 is 16.3 Å². The van der Waals surface area contributed by atoms with Gasteiger partial charge in [-0.1, -0.05) is 12.1 Å². The molecule has 1 aromatic carbocycles. The molecule has 1 saturated carbocycles. The molecule has 7 nitrogen and oxygen atoms in total. The average Bonchev–Trinajstić information content (AvgIpc) is 3.30. The van der Waals surface area contributed by atoms with Gasteiger partial charge in [0.25, 0.3) is 0 Å². The van der Waals surface area contributed by atoms with E-state index in [0.717, 1.165) is 25.0 Å². The van der Waals surface area contributed by atoms with E-state index in [1.807, 2.05) is 5.38 Å². The largest absolute Gasteiger partial charge is 0.416 e. The number of urea groups is 1. The number of aromatic nitrogens is 3. The Hall–Kier alpha value is -3.08. The third kappa shape index (κ3) is 4.40. The molecule has 2 aromatic heterocycles. The van der Waals surface area contributed by atoms with Gasteiger partial charge in [-0.3, -0.25) is 9.88 Å². The zero-order chi connectivity index (χ0) is 21.3. The number of hydrogen-bond acceptors (Lipinski definition) is 4. The highest BCUT2D eigenvalue weighted by Gasteiger charge is 2.33. The summed E-state index contributed by atoms with van der Waals surface area (Å²) < 4.78 is 41.9. The fraction of sp³-hybridized carbons (Fsp3) is 0.316. The van der Waals surface area contributed by atoms with Crippen LogP contribution >= 0.6 is 11.3 Å². The molecule has 4 rings (SSSR count). The van der Waals surface area contributed by atoms with Gasteiger partial charge in [-0.25, -0.2) is 14.3 Å². The number of nitrogens with zero attached hydrogens (tertiary/aromatic N) is 3. The van der Waals surface area contributed by atoms with Crippen molar-refractivity contribution in [3.05, 3.63) is 57.8 Å². The quantitative estimate of drug-likeness (QED) is 0.613. The molecule has 2 N–H and O–H groups in total. The Bertz CT molecular complexity index is 1100. The van der Waals surface area contributed by atoms with Gasteiger partial charge in [-0.05, 0) is 42.5 Å². The summed E-state index contributed by atoms with van der Waals surface area (Å²) in [4.78, 5) is 24.7. The smallest absolute Gasteiger partial charge is 0.336 e. The van der Waals surface area contributed by atoms with Crippen molar-refractivity contribution in [2.75, 3.05) is 11.9 Å². The Morgan fingerprint density at radius 3 is 2.70 bits per heavy atom. The van der Waals surface area contributed by atoms with Crippen molar-refractivity contribution in [1.82, 2.24) is 19.7 Å². The number of amides is 2. The number of nitrogens with one attached hydrogen (secondary N) is 2. The van der Waals surface area contributed by atoms with Gasteiger partial charge in [-0.15, -0.1) is 16.4 Å². The number of benzene rings is 1. The zero-order valence-electron chi connectivity index (χ0n) is 15.6. The number of hydrogen-bond donors (Lipinski definition) is 2. The fourth-order valence-electron chi connectivity index (χ4n) is 3.04. The molecule has 2 amide bonds. The van der Waals surface area contributed by atoms with Gasteiger partial charge in [0.2, 0.25) is 0 Å². The summed E-state index contributed by atoms with van der Waals surface area (Å²) in [6.45, 7) is 0.239. The second kappa shape index (κ2) is 7.98. The van der Waals surface area contributed by atoms with Crippen LogP contribution in [0.4, 0.5) is 23.0 Å². The van der Waals surface area contributed by atoms with E-state index in [1.54, 1.807) is 12.1 Å². The van der Waals surface area contributed by atoms with Gasteiger partial charge in [0.05, 0.1) is 17.1 Å². The van der Waals surface area contributed by atoms with Crippen LogP contribution in [0.25, 0.3) is 11.4 Å². The van der Waals surface area contributed by atoms with Crippen LogP contribution in [-0.4, -0.2) is 26.9 Å². The monoisotopic (exact) mass is 437 g/mol. The predicted molar refractivity (Wildman–Crippen MR) is 107 cm³/mol. The highest BCUT2D eigenvalue weighted by Crippen LogP contribution is 2.37. The summed E-state index contributed by atoms with van der Waals surface area (Å²) in [5.41, 5.74) is -0.961. The van der Waals surface area contributed by atoms with E-state index in [-0.39, 0.29) is 30.5 Å². The van der Waals surface area contributed by atoms with E-state index >= 15 is 0 Å². The lowest BCUT2D eigenvalue weighted by molar-refractivity contribution is -0.137. The molecule has 2 heterocycles. The lowest BCUT2D eigenvalue weighted by Gasteiger charge is -2.09. The van der Waals surface area contributed by atoms with Gasteiger partial charge in [-0.2, -0.15) is 13.2 Å². The van der Waals surface area contributed by atoms with E-state index in [1.165, 1.54) is 32.7 Å². The van der Waals surface area contributed by atoms with Crippen molar-refractivity contribution in [3.63, 3.8) is 0 Å². The molecule has 3 aromatic rings. The highest BCUT2D eigenvalue weighted by molar-refractivity contribution is 7.14. The number of carbonyl (C=O) groups is 1. The van der Waals surface area contributed by atoms with Crippen molar-refractivity contribution in [2.45, 2.75) is 31.6 Å². The number of carbonyl (C=O) groups excluding carboxylic acids is 1. The van der Waals surface area contributed by atoms with E-state index in [9.17, 15) is 22.8 Å². The van der Waals surface area contributed by atoms with Crippen LogP contribution in [0.1, 0.15) is 24.4 Å². The van der Waals surface area contributed by atoms with E-state index in [2.05, 4.69) is 15.7 Å². The molecule has 0 unspecified atom stereocenters. The summed E-state index contributed by atoms with van der Waals surface area (Å²) in [7, 11) is 0. The van der Waals surface area contributed by atoms with Gasteiger partial charge in [0, 0.05) is 18.2 Å². The number of rotatable bonds is 6. The molecule has 0 atom stereocenters. The molecule has 158 valence electrons. The van der Waals surface area contributed by atoms with Crippen LogP contribution in [0.5, 0.6) is 0 Å². The summed E-state index contributed by atoms with van der Waals surface area (Å²) >= 11 is 1.38. The standard InChI is InChI=1S/C19H18F3N5O2S/c20-19(21,22)13-4-1-3-12(11-13)16-25-26(18(29)27(16)14-6-7-14)9-8-23-17(28)24-15-5-2-10-30-15/h1-5,10-11,14H,6-9H2,(H2,23,24,28). The maximum absolute atomic E-state index is 13.1. The minimum atomic E-state index is -4.48. The lowest BCUT2D eigenvalue weighted by Crippen LogP contribution is -2.34. The molecule has 0 radical (unpaired) electrons. The Labute approximate surface area is 173 Å². The first kappa shape index (κ1) is 20.2. The van der Waals surface area contributed by atoms with E-state index in [4.69, 9.17) is 0 Å². The maximum Gasteiger partial charge on any atom is 0.416 e. The summed E-state index contributed by atoms with van der Waals surface area (Å²) in [5.74, 6) is 0.205. The summed E-state index contributed by atoms with van der Waals surface area (Å²) in [5, 5.41) is 12.1. The van der Waals surface area contributed by atoms with Crippen LogP contribution in [0.15, 0.2) is 46.6 Å². The van der Waals surface area contributed by atoms with Crippen LogP contribution in [0.2, 0.25) is 0 Å². The van der Waals surface area contributed by atoms with Crippen molar-refractivity contribution < 1.29 is 18.0 Å². The van der Waals surface area contributed by atoms with Crippen LogP contribution in [-0.2, 0) is 12.7 Å². The minimum absolute atomic E-state index is 0.0640. The molecular formula is C19H18F3N5O2S. The van der Waals surface area contributed by atoms with Crippen LogP contribution in [0.3, 0.4) is 0 Å². The summed E-state index contributed by atoms with van der Waals surface area (Å²) in [6, 6.07) is 7.87. The fourth-order valence-corrected chi connectivity index (χ4v) is 3.65. The molecule has 1 aliphatic carbocycles. The second-order valence-corrected chi connectivity index (χ2v) is 7.81. The first-order valence-electron chi connectivity index (χ1n) is 9.28. The van der Waals surface area contributed by atoms with Crippen molar-refractivity contribution in [3.8, 4) is 11.4 Å². The normalized spacial score (nSPS) is 14.0. The number of alkyl halides is 3.